The quantitative estimate of drug-likeness (QED) is 0.712. The molecule has 1 fully saturated rings. The maximum atomic E-state index is 9.05. The molecule has 1 aromatic heterocycles. The van der Waals surface area contributed by atoms with Crippen molar-refractivity contribution in [2.45, 2.75) is 24.9 Å². The summed E-state index contributed by atoms with van der Waals surface area (Å²) in [6.07, 6.45) is 6.15. The molecule has 0 saturated carbocycles. The molecule has 26 heavy (non-hydrogen) atoms. The Hall–Kier alpha value is -2.94. The summed E-state index contributed by atoms with van der Waals surface area (Å²) in [5, 5.41) is 9.05. The standard InChI is InChI=1S/C21H19N3O2/c22-13-18-6-8-19(9-7-18)21(15-24-11-10-23-16-24)25-14-20(26-21)12-17-4-2-1-3-5-17/h1-11,16,20H,12,14-15H2. The summed E-state index contributed by atoms with van der Waals surface area (Å²) >= 11 is 0. The molecule has 2 aromatic carbocycles. The minimum absolute atomic E-state index is 0.0310. The maximum Gasteiger partial charge on any atom is 0.213 e. The van der Waals surface area contributed by atoms with Crippen LogP contribution >= 0.6 is 0 Å². The number of rotatable bonds is 5. The zero-order valence-corrected chi connectivity index (χ0v) is 14.3. The van der Waals surface area contributed by atoms with E-state index in [0.717, 1.165) is 12.0 Å². The first-order valence-corrected chi connectivity index (χ1v) is 8.59. The summed E-state index contributed by atoms with van der Waals surface area (Å²) in [6, 6.07) is 19.8. The third-order valence-electron chi connectivity index (χ3n) is 4.57. The van der Waals surface area contributed by atoms with Crippen LogP contribution in [-0.4, -0.2) is 22.3 Å². The van der Waals surface area contributed by atoms with Crippen molar-refractivity contribution in [1.29, 1.82) is 5.26 Å². The average molecular weight is 345 g/mol. The van der Waals surface area contributed by atoms with Gasteiger partial charge in [0, 0.05) is 24.4 Å². The van der Waals surface area contributed by atoms with Gasteiger partial charge in [0.05, 0.1) is 37.2 Å². The van der Waals surface area contributed by atoms with Crippen molar-refractivity contribution in [3.05, 3.63) is 90.0 Å². The van der Waals surface area contributed by atoms with Crippen molar-refractivity contribution in [3.8, 4) is 6.07 Å². The number of benzene rings is 2. The fourth-order valence-electron chi connectivity index (χ4n) is 3.29. The van der Waals surface area contributed by atoms with E-state index in [1.165, 1.54) is 5.56 Å². The summed E-state index contributed by atoms with van der Waals surface area (Å²) in [5.41, 5.74) is 2.74. The van der Waals surface area contributed by atoms with Gasteiger partial charge in [0.1, 0.15) is 0 Å². The van der Waals surface area contributed by atoms with E-state index in [-0.39, 0.29) is 6.10 Å². The van der Waals surface area contributed by atoms with Crippen molar-refractivity contribution < 1.29 is 9.47 Å². The van der Waals surface area contributed by atoms with E-state index < -0.39 is 5.79 Å². The lowest BCUT2D eigenvalue weighted by Gasteiger charge is -2.29. The van der Waals surface area contributed by atoms with E-state index >= 15 is 0 Å². The van der Waals surface area contributed by atoms with Gasteiger partial charge in [-0.15, -0.1) is 0 Å². The van der Waals surface area contributed by atoms with Crippen LogP contribution in [0.5, 0.6) is 0 Å². The lowest BCUT2D eigenvalue weighted by Crippen LogP contribution is -2.33. The Labute approximate surface area is 152 Å². The van der Waals surface area contributed by atoms with Gasteiger partial charge in [-0.2, -0.15) is 5.26 Å². The SMILES string of the molecule is N#Cc1ccc(C2(Cn3ccnc3)OCC(Cc3ccccc3)O2)cc1. The van der Waals surface area contributed by atoms with Gasteiger partial charge in [-0.1, -0.05) is 42.5 Å². The number of aromatic nitrogens is 2. The third kappa shape index (κ3) is 3.38. The molecular weight excluding hydrogens is 326 g/mol. The second-order valence-corrected chi connectivity index (χ2v) is 6.42. The molecule has 5 heteroatoms. The molecule has 0 aliphatic carbocycles. The molecule has 2 unspecified atom stereocenters. The largest absolute Gasteiger partial charge is 0.342 e. The van der Waals surface area contributed by atoms with Gasteiger partial charge < -0.3 is 14.0 Å². The van der Waals surface area contributed by atoms with Crippen LogP contribution in [0, 0.1) is 11.3 Å². The summed E-state index contributed by atoms with van der Waals surface area (Å²) in [5.74, 6) is -0.881. The fraction of sp³-hybridized carbons (Fsp3) is 0.238. The van der Waals surface area contributed by atoms with Gasteiger partial charge in [-0.05, 0) is 17.7 Å². The molecule has 4 rings (SSSR count). The number of nitrogens with zero attached hydrogens (tertiary/aromatic N) is 3. The predicted octanol–water partition coefficient (Wildman–Crippen LogP) is 3.27. The molecule has 130 valence electrons. The number of nitriles is 1. The molecule has 0 amide bonds. The van der Waals surface area contributed by atoms with Crippen LogP contribution in [0.4, 0.5) is 0 Å². The van der Waals surface area contributed by atoms with Crippen LogP contribution in [0.3, 0.4) is 0 Å². The monoisotopic (exact) mass is 345 g/mol. The lowest BCUT2D eigenvalue weighted by molar-refractivity contribution is -0.186. The smallest absolute Gasteiger partial charge is 0.213 e. The molecular formula is C21H19N3O2. The van der Waals surface area contributed by atoms with Gasteiger partial charge in [-0.25, -0.2) is 4.98 Å². The van der Waals surface area contributed by atoms with Crippen molar-refractivity contribution >= 4 is 0 Å². The average Bonchev–Trinajstić information content (AvgIpc) is 3.34. The van der Waals surface area contributed by atoms with Crippen molar-refractivity contribution in [2.75, 3.05) is 6.61 Å². The molecule has 5 nitrogen and oxygen atoms in total. The normalized spacial score (nSPS) is 22.2. The molecule has 1 aliphatic rings. The highest BCUT2D eigenvalue weighted by Crippen LogP contribution is 2.37. The molecule has 0 bridgehead atoms. The molecule has 0 spiro atoms. The molecule has 0 N–H and O–H groups in total. The fourth-order valence-corrected chi connectivity index (χ4v) is 3.29. The van der Waals surface area contributed by atoms with Gasteiger partial charge in [-0.3, -0.25) is 0 Å². The first-order chi connectivity index (χ1) is 12.8. The Bertz CT molecular complexity index is 885. The van der Waals surface area contributed by atoms with E-state index in [0.29, 0.717) is 18.7 Å². The van der Waals surface area contributed by atoms with E-state index in [1.807, 2.05) is 41.1 Å². The second kappa shape index (κ2) is 7.12. The first-order valence-electron chi connectivity index (χ1n) is 8.59. The van der Waals surface area contributed by atoms with Crippen LogP contribution in [0.25, 0.3) is 0 Å². The number of ether oxygens (including phenoxy) is 2. The Morgan fingerprint density at radius 1 is 1.15 bits per heavy atom. The van der Waals surface area contributed by atoms with Crippen molar-refractivity contribution in [1.82, 2.24) is 9.55 Å². The summed E-state index contributed by atoms with van der Waals surface area (Å²) < 4.78 is 14.6. The third-order valence-corrected chi connectivity index (χ3v) is 4.57. The van der Waals surface area contributed by atoms with Crippen LogP contribution in [-0.2, 0) is 28.2 Å². The second-order valence-electron chi connectivity index (χ2n) is 6.42. The van der Waals surface area contributed by atoms with E-state index in [2.05, 4.69) is 23.2 Å². The highest BCUT2D eigenvalue weighted by atomic mass is 16.7. The molecule has 2 atom stereocenters. The van der Waals surface area contributed by atoms with E-state index in [1.54, 1.807) is 24.7 Å². The molecule has 1 saturated heterocycles. The highest BCUT2D eigenvalue weighted by molar-refractivity contribution is 5.33. The van der Waals surface area contributed by atoms with E-state index in [4.69, 9.17) is 14.7 Å². The Kier molecular flexibility index (Phi) is 4.53. The van der Waals surface area contributed by atoms with E-state index in [9.17, 15) is 0 Å². The highest BCUT2D eigenvalue weighted by Gasteiger charge is 2.43. The van der Waals surface area contributed by atoms with Gasteiger partial charge in [0.15, 0.2) is 0 Å². The predicted molar refractivity (Wildman–Crippen MR) is 96.0 cm³/mol. The minimum atomic E-state index is -0.881. The van der Waals surface area contributed by atoms with Gasteiger partial charge >= 0.3 is 0 Å². The molecule has 0 radical (unpaired) electrons. The number of hydrogen-bond donors (Lipinski definition) is 0. The van der Waals surface area contributed by atoms with Gasteiger partial charge in [0.25, 0.3) is 0 Å². The van der Waals surface area contributed by atoms with Gasteiger partial charge in [0.2, 0.25) is 5.79 Å². The molecule has 2 heterocycles. The number of imidazole rings is 1. The zero-order chi connectivity index (χ0) is 17.8. The lowest BCUT2D eigenvalue weighted by atomic mass is 10.0. The van der Waals surface area contributed by atoms with Crippen LogP contribution < -0.4 is 0 Å². The van der Waals surface area contributed by atoms with Crippen molar-refractivity contribution in [2.24, 2.45) is 0 Å². The summed E-state index contributed by atoms with van der Waals surface area (Å²) in [4.78, 5) is 4.11. The van der Waals surface area contributed by atoms with Crippen molar-refractivity contribution in [3.63, 3.8) is 0 Å². The summed E-state index contributed by atoms with van der Waals surface area (Å²) in [6.45, 7) is 1.02. The maximum absolute atomic E-state index is 9.05. The molecule has 1 aliphatic heterocycles. The van der Waals surface area contributed by atoms with Crippen LogP contribution in [0.15, 0.2) is 73.3 Å². The minimum Gasteiger partial charge on any atom is -0.342 e. The Morgan fingerprint density at radius 3 is 2.65 bits per heavy atom. The molecule has 3 aromatic rings. The topological polar surface area (TPSA) is 60.1 Å². The van der Waals surface area contributed by atoms with Crippen LogP contribution in [0.1, 0.15) is 16.7 Å². The number of hydrogen-bond acceptors (Lipinski definition) is 4. The summed E-state index contributed by atoms with van der Waals surface area (Å²) in [7, 11) is 0. The Morgan fingerprint density at radius 2 is 1.96 bits per heavy atom. The van der Waals surface area contributed by atoms with Crippen LogP contribution in [0.2, 0.25) is 0 Å². The first kappa shape index (κ1) is 16.5. The zero-order valence-electron chi connectivity index (χ0n) is 14.3. The Balaban J connectivity index is 1.60.